The van der Waals surface area contributed by atoms with Gasteiger partial charge in [0.05, 0.1) is 12.7 Å². The van der Waals surface area contributed by atoms with Crippen molar-refractivity contribution in [1.29, 1.82) is 0 Å². The predicted molar refractivity (Wildman–Crippen MR) is 91.5 cm³/mol. The van der Waals surface area contributed by atoms with Gasteiger partial charge in [0.25, 0.3) is 0 Å². The average Bonchev–Trinajstić information content (AvgIpc) is 2.36. The van der Waals surface area contributed by atoms with Gasteiger partial charge in [0.1, 0.15) is 0 Å². The van der Waals surface area contributed by atoms with Crippen molar-refractivity contribution in [2.75, 3.05) is 39.3 Å². The van der Waals surface area contributed by atoms with Crippen LogP contribution in [0.5, 0.6) is 0 Å². The van der Waals surface area contributed by atoms with Gasteiger partial charge in [-0.05, 0) is 27.2 Å². The summed E-state index contributed by atoms with van der Waals surface area (Å²) in [4.78, 5) is 16.3. The quantitative estimate of drug-likeness (QED) is 0.761. The highest BCUT2D eigenvalue weighted by atomic mass is 35.5. The molecule has 1 aliphatic rings. The molecule has 2 N–H and O–H groups in total. The van der Waals surface area contributed by atoms with Gasteiger partial charge in [0, 0.05) is 45.2 Å². The Balaban J connectivity index is 0. The number of rotatable bonds is 7. The van der Waals surface area contributed by atoms with Crippen LogP contribution in [-0.4, -0.2) is 67.2 Å². The van der Waals surface area contributed by atoms with Crippen molar-refractivity contribution in [1.82, 2.24) is 9.80 Å². The van der Waals surface area contributed by atoms with Crippen molar-refractivity contribution in [3.05, 3.63) is 0 Å². The number of carbonyl (C=O) groups excluding carboxylic acids is 1. The molecule has 0 aromatic carbocycles. The minimum atomic E-state index is 0. The number of ether oxygens (including phenoxy) is 1. The Hall–Kier alpha value is -0.0700. The van der Waals surface area contributed by atoms with Gasteiger partial charge in [-0.3, -0.25) is 9.69 Å². The van der Waals surface area contributed by atoms with Crippen LogP contribution in [0.25, 0.3) is 0 Å². The predicted octanol–water partition coefficient (Wildman–Crippen LogP) is 1.53. The van der Waals surface area contributed by atoms with E-state index in [-0.39, 0.29) is 36.8 Å². The highest BCUT2D eigenvalue weighted by molar-refractivity contribution is 5.85. The molecule has 1 amide bonds. The van der Waals surface area contributed by atoms with Crippen LogP contribution in [0.2, 0.25) is 0 Å². The van der Waals surface area contributed by atoms with E-state index in [1.807, 2.05) is 11.8 Å². The first-order chi connectivity index (χ1) is 8.99. The van der Waals surface area contributed by atoms with Crippen molar-refractivity contribution in [2.24, 2.45) is 5.73 Å². The molecule has 21 heavy (non-hydrogen) atoms. The molecule has 1 unspecified atom stereocenters. The zero-order valence-electron chi connectivity index (χ0n) is 13.4. The first kappa shape index (κ1) is 23.2. The molecule has 5 nitrogen and oxygen atoms in total. The summed E-state index contributed by atoms with van der Waals surface area (Å²) in [6, 6.07) is 0.110. The van der Waals surface area contributed by atoms with E-state index < -0.39 is 0 Å². The lowest BCUT2D eigenvalue weighted by Crippen LogP contribution is -2.49. The number of halogens is 2. The van der Waals surface area contributed by atoms with Crippen molar-refractivity contribution in [3.8, 4) is 0 Å². The molecule has 7 heteroatoms. The van der Waals surface area contributed by atoms with E-state index in [1.165, 1.54) is 0 Å². The fraction of sp³-hybridized carbons (Fsp3) is 0.929. The molecule has 0 aliphatic carbocycles. The maximum atomic E-state index is 11.9. The Morgan fingerprint density at radius 2 is 1.71 bits per heavy atom. The Labute approximate surface area is 141 Å². The lowest BCUT2D eigenvalue weighted by molar-refractivity contribution is -0.133. The van der Waals surface area contributed by atoms with E-state index in [9.17, 15) is 4.79 Å². The minimum Gasteiger partial charge on any atom is -0.377 e. The largest absolute Gasteiger partial charge is 0.377 e. The minimum absolute atomic E-state index is 0. The molecule has 1 atom stereocenters. The van der Waals surface area contributed by atoms with Gasteiger partial charge >= 0.3 is 0 Å². The standard InChI is InChI=1S/C14H29N3O2.2ClH/c1-12(2)19-11-10-16-6-8-17(9-7-16)14(18)5-4-13(3)15;;/h12-13H,4-11,15H2,1-3H3;2*1H. The lowest BCUT2D eigenvalue weighted by Gasteiger charge is -2.35. The summed E-state index contributed by atoms with van der Waals surface area (Å²) in [5, 5.41) is 0. The first-order valence-electron chi connectivity index (χ1n) is 7.36. The van der Waals surface area contributed by atoms with Crippen LogP contribution in [0, 0.1) is 0 Å². The summed E-state index contributed by atoms with van der Waals surface area (Å²) < 4.78 is 5.55. The number of nitrogens with zero attached hydrogens (tertiary/aromatic N) is 2. The van der Waals surface area contributed by atoms with E-state index in [0.717, 1.165) is 45.8 Å². The smallest absolute Gasteiger partial charge is 0.222 e. The van der Waals surface area contributed by atoms with Crippen LogP contribution in [-0.2, 0) is 9.53 Å². The molecule has 0 spiro atoms. The van der Waals surface area contributed by atoms with Gasteiger partial charge in [0.2, 0.25) is 5.91 Å². The monoisotopic (exact) mass is 343 g/mol. The molecule has 0 aromatic heterocycles. The normalized spacial score (nSPS) is 17.1. The Morgan fingerprint density at radius 3 is 2.19 bits per heavy atom. The molecule has 1 aliphatic heterocycles. The average molecular weight is 344 g/mol. The summed E-state index contributed by atoms with van der Waals surface area (Å²) in [6.07, 6.45) is 1.65. The summed E-state index contributed by atoms with van der Waals surface area (Å²) in [5.74, 6) is 0.246. The second-order valence-electron chi connectivity index (χ2n) is 5.66. The maximum Gasteiger partial charge on any atom is 0.222 e. The Morgan fingerprint density at radius 1 is 1.14 bits per heavy atom. The van der Waals surface area contributed by atoms with E-state index >= 15 is 0 Å². The Bertz CT molecular complexity index is 271. The van der Waals surface area contributed by atoms with Gasteiger partial charge in [-0.25, -0.2) is 0 Å². The summed E-state index contributed by atoms with van der Waals surface area (Å²) in [6.45, 7) is 11.3. The number of carbonyl (C=O) groups is 1. The summed E-state index contributed by atoms with van der Waals surface area (Å²) in [7, 11) is 0. The van der Waals surface area contributed by atoms with Crippen LogP contribution in [0.3, 0.4) is 0 Å². The van der Waals surface area contributed by atoms with Gasteiger partial charge in [-0.15, -0.1) is 24.8 Å². The van der Waals surface area contributed by atoms with Crippen LogP contribution in [0.4, 0.5) is 0 Å². The molecular formula is C14H31Cl2N3O2. The maximum absolute atomic E-state index is 11.9. The van der Waals surface area contributed by atoms with E-state index in [2.05, 4.69) is 18.7 Å². The summed E-state index contributed by atoms with van der Waals surface area (Å²) >= 11 is 0. The molecule has 0 aromatic rings. The van der Waals surface area contributed by atoms with E-state index in [0.29, 0.717) is 12.5 Å². The zero-order chi connectivity index (χ0) is 14.3. The molecule has 0 bridgehead atoms. The topological polar surface area (TPSA) is 58.8 Å². The molecule has 1 saturated heterocycles. The van der Waals surface area contributed by atoms with Crippen molar-refractivity contribution in [2.45, 2.75) is 45.8 Å². The Kier molecular flexibility index (Phi) is 13.8. The number of hydrogen-bond donors (Lipinski definition) is 1. The lowest BCUT2D eigenvalue weighted by atomic mass is 10.1. The third kappa shape index (κ3) is 10.3. The van der Waals surface area contributed by atoms with Gasteiger partial charge < -0.3 is 15.4 Å². The van der Waals surface area contributed by atoms with Crippen molar-refractivity contribution in [3.63, 3.8) is 0 Å². The van der Waals surface area contributed by atoms with E-state index in [4.69, 9.17) is 10.5 Å². The molecule has 1 fully saturated rings. The van der Waals surface area contributed by atoms with E-state index in [1.54, 1.807) is 0 Å². The molecule has 128 valence electrons. The number of hydrogen-bond acceptors (Lipinski definition) is 4. The fourth-order valence-corrected chi connectivity index (χ4v) is 2.15. The fourth-order valence-electron chi connectivity index (χ4n) is 2.15. The van der Waals surface area contributed by atoms with Gasteiger partial charge in [0.15, 0.2) is 0 Å². The van der Waals surface area contributed by atoms with Crippen molar-refractivity contribution >= 4 is 30.7 Å². The molecular weight excluding hydrogens is 313 g/mol. The number of nitrogens with two attached hydrogens (primary N) is 1. The number of amides is 1. The number of piperazine rings is 1. The SMILES string of the molecule is CC(N)CCC(=O)N1CCN(CCOC(C)C)CC1.Cl.Cl. The third-order valence-corrected chi connectivity index (χ3v) is 3.40. The summed E-state index contributed by atoms with van der Waals surface area (Å²) in [5.41, 5.74) is 5.68. The molecule has 1 rings (SSSR count). The molecule has 0 saturated carbocycles. The van der Waals surface area contributed by atoms with Gasteiger partial charge in [-0.2, -0.15) is 0 Å². The van der Waals surface area contributed by atoms with Crippen LogP contribution >= 0.6 is 24.8 Å². The van der Waals surface area contributed by atoms with Crippen LogP contribution in [0.1, 0.15) is 33.6 Å². The molecule has 1 heterocycles. The second kappa shape index (κ2) is 12.5. The first-order valence-corrected chi connectivity index (χ1v) is 7.36. The van der Waals surface area contributed by atoms with Crippen molar-refractivity contribution < 1.29 is 9.53 Å². The third-order valence-electron chi connectivity index (χ3n) is 3.40. The zero-order valence-corrected chi connectivity index (χ0v) is 15.0. The highest BCUT2D eigenvalue weighted by Gasteiger charge is 2.20. The molecule has 0 radical (unpaired) electrons. The van der Waals surface area contributed by atoms with Gasteiger partial charge in [-0.1, -0.05) is 0 Å². The second-order valence-corrected chi connectivity index (χ2v) is 5.66. The van der Waals surface area contributed by atoms with Crippen LogP contribution < -0.4 is 5.73 Å². The highest BCUT2D eigenvalue weighted by Crippen LogP contribution is 2.06. The van der Waals surface area contributed by atoms with Crippen LogP contribution in [0.15, 0.2) is 0 Å².